The molecule has 1 fully saturated rings. The molecule has 1 aromatic rings. The molecule has 1 aliphatic carbocycles. The molecule has 1 aliphatic rings. The topological polar surface area (TPSA) is 63.0 Å². The zero-order valence-electron chi connectivity index (χ0n) is 12.7. The zero-order valence-corrected chi connectivity index (χ0v) is 13.5. The van der Waals surface area contributed by atoms with Gasteiger partial charge in [0.1, 0.15) is 0 Å². The molecule has 2 unspecified atom stereocenters. The van der Waals surface area contributed by atoms with Crippen molar-refractivity contribution in [2.45, 2.75) is 57.4 Å². The van der Waals surface area contributed by atoms with Gasteiger partial charge in [0.2, 0.25) is 5.89 Å². The van der Waals surface area contributed by atoms with Gasteiger partial charge in [-0.1, -0.05) is 31.8 Å². The molecular formula is C14H26N4OS. The summed E-state index contributed by atoms with van der Waals surface area (Å²) in [6.07, 6.45) is 7.26. The fraction of sp³-hybridized carbons (Fsp3) is 0.857. The van der Waals surface area contributed by atoms with Gasteiger partial charge in [-0.3, -0.25) is 0 Å². The van der Waals surface area contributed by atoms with Crippen LogP contribution in [0.5, 0.6) is 0 Å². The van der Waals surface area contributed by atoms with E-state index >= 15 is 0 Å². The van der Waals surface area contributed by atoms with Crippen molar-refractivity contribution in [3.63, 3.8) is 0 Å². The standard InChI is InChI=1S/C14H26N4OS/c1-10(2)8-15-9-13-17-18-14(19-13)16-11-6-4-5-7-12(11)20-3/h10-12,15H,4-9H2,1-3H3,(H,16,18). The van der Waals surface area contributed by atoms with Crippen molar-refractivity contribution in [3.05, 3.63) is 5.89 Å². The minimum Gasteiger partial charge on any atom is -0.407 e. The van der Waals surface area contributed by atoms with E-state index in [2.05, 4.69) is 40.9 Å². The summed E-state index contributed by atoms with van der Waals surface area (Å²) in [5.41, 5.74) is 0. The van der Waals surface area contributed by atoms with Gasteiger partial charge in [-0.05, 0) is 31.6 Å². The highest BCUT2D eigenvalue weighted by Gasteiger charge is 2.25. The van der Waals surface area contributed by atoms with Crippen LogP contribution >= 0.6 is 11.8 Å². The smallest absolute Gasteiger partial charge is 0.315 e. The lowest BCUT2D eigenvalue weighted by Gasteiger charge is -2.30. The maximum Gasteiger partial charge on any atom is 0.315 e. The van der Waals surface area contributed by atoms with Gasteiger partial charge < -0.3 is 15.1 Å². The number of aromatic nitrogens is 2. The highest BCUT2D eigenvalue weighted by molar-refractivity contribution is 7.99. The van der Waals surface area contributed by atoms with Crippen molar-refractivity contribution in [1.82, 2.24) is 15.5 Å². The third kappa shape index (κ3) is 4.66. The normalized spacial score (nSPS) is 23.2. The average molecular weight is 298 g/mol. The summed E-state index contributed by atoms with van der Waals surface area (Å²) in [5.74, 6) is 1.28. The molecule has 1 aromatic heterocycles. The van der Waals surface area contributed by atoms with Crippen LogP contribution in [0.3, 0.4) is 0 Å². The fourth-order valence-electron chi connectivity index (χ4n) is 2.55. The lowest BCUT2D eigenvalue weighted by atomic mass is 9.95. The Balaban J connectivity index is 1.82. The maximum absolute atomic E-state index is 5.66. The van der Waals surface area contributed by atoms with E-state index in [1.807, 2.05) is 11.8 Å². The van der Waals surface area contributed by atoms with Crippen LogP contribution < -0.4 is 10.6 Å². The molecule has 2 N–H and O–H groups in total. The molecule has 2 atom stereocenters. The lowest BCUT2D eigenvalue weighted by molar-refractivity contribution is 0.436. The highest BCUT2D eigenvalue weighted by Crippen LogP contribution is 2.29. The summed E-state index contributed by atoms with van der Waals surface area (Å²) in [5, 5.41) is 15.6. The summed E-state index contributed by atoms with van der Waals surface area (Å²) in [7, 11) is 0. The minimum atomic E-state index is 0.454. The molecule has 0 saturated heterocycles. The van der Waals surface area contributed by atoms with E-state index in [-0.39, 0.29) is 0 Å². The van der Waals surface area contributed by atoms with E-state index in [1.165, 1.54) is 25.7 Å². The van der Waals surface area contributed by atoms with Crippen molar-refractivity contribution in [1.29, 1.82) is 0 Å². The first-order valence-corrected chi connectivity index (χ1v) is 8.80. The van der Waals surface area contributed by atoms with Crippen LogP contribution in [-0.4, -0.2) is 34.3 Å². The second-order valence-electron chi connectivity index (χ2n) is 5.84. The summed E-state index contributed by atoms with van der Waals surface area (Å²) in [6, 6.07) is 1.02. The largest absolute Gasteiger partial charge is 0.407 e. The monoisotopic (exact) mass is 298 g/mol. The number of thioether (sulfide) groups is 1. The van der Waals surface area contributed by atoms with Gasteiger partial charge >= 0.3 is 6.01 Å². The molecular weight excluding hydrogens is 272 g/mol. The first kappa shape index (κ1) is 15.6. The van der Waals surface area contributed by atoms with Gasteiger partial charge in [0, 0.05) is 11.3 Å². The Bertz CT molecular complexity index is 396. The Kier molecular flexibility index (Phi) is 6.16. The summed E-state index contributed by atoms with van der Waals surface area (Å²) in [4.78, 5) is 0. The first-order chi connectivity index (χ1) is 9.69. The Morgan fingerprint density at radius 3 is 2.85 bits per heavy atom. The Morgan fingerprint density at radius 2 is 2.10 bits per heavy atom. The van der Waals surface area contributed by atoms with Crippen LogP contribution in [0.1, 0.15) is 45.4 Å². The second kappa shape index (κ2) is 7.88. The Hall–Kier alpha value is -0.750. The van der Waals surface area contributed by atoms with Crippen molar-refractivity contribution < 1.29 is 4.42 Å². The predicted molar refractivity (Wildman–Crippen MR) is 84.0 cm³/mol. The quantitative estimate of drug-likeness (QED) is 0.807. The van der Waals surface area contributed by atoms with E-state index in [4.69, 9.17) is 4.42 Å². The molecule has 0 spiro atoms. The molecule has 114 valence electrons. The van der Waals surface area contributed by atoms with Gasteiger partial charge in [0.05, 0.1) is 6.54 Å². The van der Waals surface area contributed by atoms with Crippen LogP contribution in [-0.2, 0) is 6.54 Å². The molecule has 0 radical (unpaired) electrons. The van der Waals surface area contributed by atoms with Crippen LogP contribution in [0.2, 0.25) is 0 Å². The molecule has 20 heavy (non-hydrogen) atoms. The average Bonchev–Trinajstić information content (AvgIpc) is 2.86. The first-order valence-electron chi connectivity index (χ1n) is 7.51. The van der Waals surface area contributed by atoms with E-state index in [1.54, 1.807) is 0 Å². The number of anilines is 1. The molecule has 5 nitrogen and oxygen atoms in total. The molecule has 0 aromatic carbocycles. The SMILES string of the molecule is CSC1CCCCC1Nc1nnc(CNCC(C)C)o1. The van der Waals surface area contributed by atoms with Crippen LogP contribution in [0.25, 0.3) is 0 Å². The zero-order chi connectivity index (χ0) is 14.4. The number of nitrogens with one attached hydrogen (secondary N) is 2. The number of hydrogen-bond donors (Lipinski definition) is 2. The number of hydrogen-bond acceptors (Lipinski definition) is 6. The third-order valence-corrected chi connectivity index (χ3v) is 4.78. The summed E-state index contributed by atoms with van der Waals surface area (Å²) < 4.78 is 5.66. The molecule has 6 heteroatoms. The van der Waals surface area contributed by atoms with Crippen molar-refractivity contribution in [2.24, 2.45) is 5.92 Å². The Labute approximate surface area is 125 Å². The van der Waals surface area contributed by atoms with Crippen LogP contribution in [0.15, 0.2) is 4.42 Å². The van der Waals surface area contributed by atoms with Crippen molar-refractivity contribution in [2.75, 3.05) is 18.1 Å². The molecule has 0 bridgehead atoms. The van der Waals surface area contributed by atoms with Crippen LogP contribution in [0, 0.1) is 5.92 Å². The van der Waals surface area contributed by atoms with Crippen LogP contribution in [0.4, 0.5) is 6.01 Å². The minimum absolute atomic E-state index is 0.454. The summed E-state index contributed by atoms with van der Waals surface area (Å²) in [6.45, 7) is 5.96. The van der Waals surface area contributed by atoms with Gasteiger partial charge in [-0.25, -0.2) is 0 Å². The molecule has 2 rings (SSSR count). The van der Waals surface area contributed by atoms with Gasteiger partial charge in [-0.15, -0.1) is 5.10 Å². The molecule has 1 heterocycles. The van der Waals surface area contributed by atoms with Crippen molar-refractivity contribution >= 4 is 17.8 Å². The van der Waals surface area contributed by atoms with Gasteiger partial charge in [-0.2, -0.15) is 11.8 Å². The van der Waals surface area contributed by atoms with E-state index < -0.39 is 0 Å². The Morgan fingerprint density at radius 1 is 1.30 bits per heavy atom. The predicted octanol–water partition coefficient (Wildman–Crippen LogP) is 2.90. The molecule has 1 saturated carbocycles. The van der Waals surface area contributed by atoms with E-state index in [0.717, 1.165) is 6.54 Å². The van der Waals surface area contributed by atoms with Gasteiger partial charge in [0.25, 0.3) is 0 Å². The van der Waals surface area contributed by atoms with Gasteiger partial charge in [0.15, 0.2) is 0 Å². The second-order valence-corrected chi connectivity index (χ2v) is 6.91. The highest BCUT2D eigenvalue weighted by atomic mass is 32.2. The van der Waals surface area contributed by atoms with E-state index in [9.17, 15) is 0 Å². The van der Waals surface area contributed by atoms with E-state index in [0.29, 0.717) is 35.7 Å². The lowest BCUT2D eigenvalue weighted by Crippen LogP contribution is -2.34. The maximum atomic E-state index is 5.66. The molecule has 0 aliphatic heterocycles. The number of rotatable bonds is 7. The summed E-state index contributed by atoms with van der Waals surface area (Å²) >= 11 is 1.93. The van der Waals surface area contributed by atoms with Crippen molar-refractivity contribution in [3.8, 4) is 0 Å². The fourth-order valence-corrected chi connectivity index (χ4v) is 3.49. The third-order valence-electron chi connectivity index (χ3n) is 3.61. The number of nitrogens with zero attached hydrogens (tertiary/aromatic N) is 2. The molecule has 0 amide bonds.